The molecule has 0 spiro atoms. The third-order valence-electron chi connectivity index (χ3n) is 4.91. The lowest BCUT2D eigenvalue weighted by Crippen LogP contribution is -2.55. The van der Waals surface area contributed by atoms with Crippen LogP contribution in [0.1, 0.15) is 21.8 Å². The van der Waals surface area contributed by atoms with E-state index in [0.29, 0.717) is 11.8 Å². The number of amides is 1. The number of benzene rings is 1. The number of aromatic nitrogens is 3. The SMILES string of the molecule is Cc1nnc(NC(=O)c2c(N3CC(Oc4cc(F)cc(C(F)(F)F)c4)C3)ccn(C)c2=O)o1. The number of carbonyl (C=O) groups is 1. The van der Waals surface area contributed by atoms with Crippen molar-refractivity contribution in [3.63, 3.8) is 0 Å². The Labute approximate surface area is 183 Å². The zero-order chi connectivity index (χ0) is 23.9. The van der Waals surface area contributed by atoms with Gasteiger partial charge >= 0.3 is 12.2 Å². The third-order valence-corrected chi connectivity index (χ3v) is 4.91. The molecule has 1 amide bonds. The zero-order valence-electron chi connectivity index (χ0n) is 17.3. The summed E-state index contributed by atoms with van der Waals surface area (Å²) in [6.07, 6.45) is -3.82. The standard InChI is InChI=1S/C20H17F4N5O4/c1-10-26-27-19(32-10)25-17(30)16-15(3-4-28(2)18(16)31)29-8-14(9-29)33-13-6-11(20(22,23)24)5-12(21)7-13/h3-7,14H,8-9H2,1-2H3,(H,25,27,30). The van der Waals surface area contributed by atoms with E-state index in [1.54, 1.807) is 11.0 Å². The number of hydrogen-bond donors (Lipinski definition) is 1. The fourth-order valence-corrected chi connectivity index (χ4v) is 3.30. The van der Waals surface area contributed by atoms with Gasteiger partial charge in [0.25, 0.3) is 11.5 Å². The van der Waals surface area contributed by atoms with Gasteiger partial charge in [-0.1, -0.05) is 5.10 Å². The van der Waals surface area contributed by atoms with Crippen LogP contribution in [-0.4, -0.2) is 39.9 Å². The molecule has 13 heteroatoms. The topological polar surface area (TPSA) is 102 Å². The van der Waals surface area contributed by atoms with E-state index in [-0.39, 0.29) is 36.3 Å². The van der Waals surface area contributed by atoms with Gasteiger partial charge in [0.1, 0.15) is 23.2 Å². The number of aryl methyl sites for hydroxylation is 2. The minimum absolute atomic E-state index is 0.158. The van der Waals surface area contributed by atoms with E-state index in [2.05, 4.69) is 15.5 Å². The van der Waals surface area contributed by atoms with Crippen molar-refractivity contribution in [1.82, 2.24) is 14.8 Å². The number of carbonyl (C=O) groups excluding carboxylic acids is 1. The van der Waals surface area contributed by atoms with Crippen LogP contribution in [0.3, 0.4) is 0 Å². The summed E-state index contributed by atoms with van der Waals surface area (Å²) in [6.45, 7) is 1.85. The molecule has 1 aliphatic rings. The van der Waals surface area contributed by atoms with Gasteiger partial charge in [-0.2, -0.15) is 13.2 Å². The van der Waals surface area contributed by atoms with Crippen LogP contribution in [0.15, 0.2) is 39.7 Å². The van der Waals surface area contributed by atoms with Crippen LogP contribution < -0.4 is 20.5 Å². The molecule has 1 aromatic carbocycles. The van der Waals surface area contributed by atoms with Gasteiger partial charge in [0.15, 0.2) is 0 Å². The third kappa shape index (κ3) is 4.66. The van der Waals surface area contributed by atoms with Crippen LogP contribution in [0.5, 0.6) is 5.75 Å². The Morgan fingerprint density at radius 2 is 1.97 bits per heavy atom. The summed E-state index contributed by atoms with van der Waals surface area (Å²) < 4.78 is 64.1. The highest BCUT2D eigenvalue weighted by molar-refractivity contribution is 6.07. The van der Waals surface area contributed by atoms with Crippen molar-refractivity contribution >= 4 is 17.6 Å². The molecule has 3 aromatic rings. The molecule has 1 aliphatic heterocycles. The average Bonchev–Trinajstić information content (AvgIpc) is 3.10. The van der Waals surface area contributed by atoms with Crippen LogP contribution in [0, 0.1) is 12.7 Å². The first-order chi connectivity index (χ1) is 15.5. The molecule has 9 nitrogen and oxygen atoms in total. The van der Waals surface area contributed by atoms with Gasteiger partial charge in [0, 0.05) is 26.2 Å². The number of rotatable bonds is 5. The second kappa shape index (κ2) is 8.22. The molecule has 1 saturated heterocycles. The Hall–Kier alpha value is -3.90. The smallest absolute Gasteiger partial charge is 0.416 e. The number of alkyl halides is 3. The first-order valence-electron chi connectivity index (χ1n) is 9.62. The molecule has 33 heavy (non-hydrogen) atoms. The molecule has 0 radical (unpaired) electrons. The molecule has 0 atom stereocenters. The Morgan fingerprint density at radius 3 is 2.61 bits per heavy atom. The summed E-state index contributed by atoms with van der Waals surface area (Å²) in [5.41, 5.74) is -1.62. The molecule has 0 bridgehead atoms. The number of ether oxygens (including phenoxy) is 1. The predicted molar refractivity (Wildman–Crippen MR) is 107 cm³/mol. The molecule has 4 rings (SSSR count). The fourth-order valence-electron chi connectivity index (χ4n) is 3.30. The number of anilines is 2. The van der Waals surface area contributed by atoms with E-state index < -0.39 is 35.1 Å². The second-order valence-corrected chi connectivity index (χ2v) is 7.39. The number of hydrogen-bond acceptors (Lipinski definition) is 7. The average molecular weight is 467 g/mol. The summed E-state index contributed by atoms with van der Waals surface area (Å²) in [7, 11) is 1.48. The van der Waals surface area contributed by atoms with Crippen molar-refractivity contribution in [3.8, 4) is 5.75 Å². The molecule has 0 unspecified atom stereocenters. The minimum atomic E-state index is -4.71. The van der Waals surface area contributed by atoms with E-state index in [9.17, 15) is 27.2 Å². The van der Waals surface area contributed by atoms with Crippen molar-refractivity contribution in [1.29, 1.82) is 0 Å². The molecule has 174 valence electrons. The highest BCUT2D eigenvalue weighted by Gasteiger charge is 2.35. The van der Waals surface area contributed by atoms with Gasteiger partial charge in [-0.25, -0.2) is 4.39 Å². The maximum atomic E-state index is 13.6. The van der Waals surface area contributed by atoms with E-state index in [4.69, 9.17) is 9.15 Å². The van der Waals surface area contributed by atoms with Crippen LogP contribution in [0.25, 0.3) is 0 Å². The molecule has 2 aromatic heterocycles. The first-order valence-corrected chi connectivity index (χ1v) is 9.62. The maximum Gasteiger partial charge on any atom is 0.416 e. The summed E-state index contributed by atoms with van der Waals surface area (Å²) in [5, 5.41) is 9.63. The monoisotopic (exact) mass is 467 g/mol. The van der Waals surface area contributed by atoms with E-state index in [1.165, 1.54) is 24.7 Å². The van der Waals surface area contributed by atoms with E-state index in [1.807, 2.05) is 0 Å². The van der Waals surface area contributed by atoms with Gasteiger partial charge in [-0.3, -0.25) is 14.9 Å². The quantitative estimate of drug-likeness (QED) is 0.576. The Kier molecular flexibility index (Phi) is 5.56. The molecule has 3 heterocycles. The van der Waals surface area contributed by atoms with Crippen molar-refractivity contribution in [2.75, 3.05) is 23.3 Å². The minimum Gasteiger partial charge on any atom is -0.487 e. The number of halogens is 4. The summed E-state index contributed by atoms with van der Waals surface area (Å²) >= 11 is 0. The van der Waals surface area contributed by atoms with Crippen LogP contribution >= 0.6 is 0 Å². The van der Waals surface area contributed by atoms with Gasteiger partial charge in [-0.15, -0.1) is 5.10 Å². The van der Waals surface area contributed by atoms with Crippen molar-refractivity contribution in [2.24, 2.45) is 7.05 Å². The summed E-state index contributed by atoms with van der Waals surface area (Å²) in [5.74, 6) is -1.88. The van der Waals surface area contributed by atoms with E-state index >= 15 is 0 Å². The lowest BCUT2D eigenvalue weighted by Gasteiger charge is -2.41. The lowest BCUT2D eigenvalue weighted by atomic mass is 10.1. The van der Waals surface area contributed by atoms with Crippen molar-refractivity contribution < 1.29 is 31.5 Å². The summed E-state index contributed by atoms with van der Waals surface area (Å²) in [4.78, 5) is 27.0. The molecule has 0 saturated carbocycles. The molecule has 1 N–H and O–H groups in total. The zero-order valence-corrected chi connectivity index (χ0v) is 17.3. The molecule has 0 aliphatic carbocycles. The Morgan fingerprint density at radius 1 is 1.24 bits per heavy atom. The summed E-state index contributed by atoms with van der Waals surface area (Å²) in [6, 6.07) is 3.34. The van der Waals surface area contributed by atoms with E-state index in [0.717, 1.165) is 12.1 Å². The van der Waals surface area contributed by atoms with Gasteiger partial charge in [-0.05, 0) is 18.2 Å². The van der Waals surface area contributed by atoms with Gasteiger partial charge < -0.3 is 18.6 Å². The largest absolute Gasteiger partial charge is 0.487 e. The van der Waals surface area contributed by atoms with Gasteiger partial charge in [0.05, 0.1) is 24.3 Å². The maximum absolute atomic E-state index is 13.6. The predicted octanol–water partition coefficient (Wildman–Crippen LogP) is 2.75. The van der Waals surface area contributed by atoms with Crippen LogP contribution in [0.2, 0.25) is 0 Å². The van der Waals surface area contributed by atoms with Crippen molar-refractivity contribution in [2.45, 2.75) is 19.2 Å². The van der Waals surface area contributed by atoms with Crippen molar-refractivity contribution in [3.05, 3.63) is 63.7 Å². The number of nitrogens with one attached hydrogen (secondary N) is 1. The molecular formula is C20H17F4N5O4. The van der Waals surface area contributed by atoms with Crippen LogP contribution in [0.4, 0.5) is 29.3 Å². The highest BCUT2D eigenvalue weighted by Crippen LogP contribution is 2.33. The lowest BCUT2D eigenvalue weighted by molar-refractivity contribution is -0.137. The number of pyridine rings is 1. The second-order valence-electron chi connectivity index (χ2n) is 7.39. The highest BCUT2D eigenvalue weighted by atomic mass is 19.4. The Balaban J connectivity index is 1.51. The van der Waals surface area contributed by atoms with Gasteiger partial charge in [0.2, 0.25) is 5.89 Å². The van der Waals surface area contributed by atoms with Crippen LogP contribution in [-0.2, 0) is 13.2 Å². The first kappa shape index (κ1) is 22.3. The molecular weight excluding hydrogens is 450 g/mol. The Bertz CT molecular complexity index is 1260. The normalized spacial score (nSPS) is 14.2. The fraction of sp³-hybridized carbons (Fsp3) is 0.300. The molecule has 1 fully saturated rings. The number of nitrogens with zero attached hydrogens (tertiary/aromatic N) is 4.